The van der Waals surface area contributed by atoms with Gasteiger partial charge in [0.25, 0.3) is 0 Å². The third-order valence-corrected chi connectivity index (χ3v) is 5.72. The first-order chi connectivity index (χ1) is 12.0. The van der Waals surface area contributed by atoms with Crippen LogP contribution in [0.2, 0.25) is 0 Å². The predicted octanol–water partition coefficient (Wildman–Crippen LogP) is 6.45. The fourth-order valence-electron chi connectivity index (χ4n) is 2.40. The average molecular weight is 551 g/mol. The Morgan fingerprint density at radius 2 is 0.880 bits per heavy atom. The maximum absolute atomic E-state index is 5.93. The highest BCUT2D eigenvalue weighted by molar-refractivity contribution is 9.09. The van der Waals surface area contributed by atoms with E-state index in [2.05, 4.69) is 68.6 Å². The Morgan fingerprint density at radius 1 is 0.600 bits per heavy atom. The first-order valence-electron chi connectivity index (χ1n) is 9.56. The smallest absolute Gasteiger partial charge is 0.386 e. The molecule has 0 rings (SSSR count). The van der Waals surface area contributed by atoms with E-state index in [9.17, 15) is 0 Å². The standard InChI is InChI=1S/C18H36BBr3O3/c1-16(7-4-10-20)13-23-19(24-14-17(2)8-5-11-21)25-15-18(3)9-6-12-22/h16-18H,4-15H2,1-3H3. The molecule has 0 aromatic carbocycles. The van der Waals surface area contributed by atoms with Crippen molar-refractivity contribution in [1.82, 2.24) is 0 Å². The van der Waals surface area contributed by atoms with Crippen molar-refractivity contribution in [1.29, 1.82) is 0 Å². The van der Waals surface area contributed by atoms with E-state index in [0.717, 1.165) is 35.3 Å². The second-order valence-electron chi connectivity index (χ2n) is 7.10. The Balaban J connectivity index is 4.24. The summed E-state index contributed by atoms with van der Waals surface area (Å²) in [5.74, 6) is 1.55. The summed E-state index contributed by atoms with van der Waals surface area (Å²) in [5, 5.41) is 3.14. The summed E-state index contributed by atoms with van der Waals surface area (Å²) < 4.78 is 17.8. The lowest BCUT2D eigenvalue weighted by molar-refractivity contribution is 0.0606. The Kier molecular flexibility index (Phi) is 19.8. The van der Waals surface area contributed by atoms with Crippen LogP contribution in [0.4, 0.5) is 0 Å². The molecule has 0 aliphatic heterocycles. The van der Waals surface area contributed by atoms with Gasteiger partial charge in [-0.1, -0.05) is 68.6 Å². The molecule has 0 heterocycles. The molecule has 25 heavy (non-hydrogen) atoms. The van der Waals surface area contributed by atoms with Crippen LogP contribution in [0.1, 0.15) is 59.3 Å². The molecule has 0 aliphatic carbocycles. The van der Waals surface area contributed by atoms with E-state index >= 15 is 0 Å². The fraction of sp³-hybridized carbons (Fsp3) is 1.00. The van der Waals surface area contributed by atoms with Gasteiger partial charge in [0.15, 0.2) is 0 Å². The van der Waals surface area contributed by atoms with Crippen LogP contribution in [-0.2, 0) is 14.0 Å². The first kappa shape index (κ1) is 26.4. The zero-order valence-electron chi connectivity index (χ0n) is 16.2. The van der Waals surface area contributed by atoms with Gasteiger partial charge < -0.3 is 14.0 Å². The van der Waals surface area contributed by atoms with E-state index < -0.39 is 7.32 Å². The molecule has 0 saturated carbocycles. The lowest BCUT2D eigenvalue weighted by Crippen LogP contribution is -2.32. The minimum atomic E-state index is -0.538. The molecular weight excluding hydrogens is 515 g/mol. The van der Waals surface area contributed by atoms with Crippen molar-refractivity contribution in [2.45, 2.75) is 59.3 Å². The Labute approximate surface area is 181 Å². The summed E-state index contributed by atoms with van der Waals surface area (Å²) in [6, 6.07) is 0. The van der Waals surface area contributed by atoms with E-state index in [1.165, 1.54) is 19.3 Å². The van der Waals surface area contributed by atoms with Crippen LogP contribution >= 0.6 is 47.8 Å². The average Bonchev–Trinajstić information content (AvgIpc) is 2.61. The highest BCUT2D eigenvalue weighted by atomic mass is 79.9. The van der Waals surface area contributed by atoms with Crippen molar-refractivity contribution in [2.75, 3.05) is 35.8 Å². The molecule has 0 aromatic heterocycles. The quantitative estimate of drug-likeness (QED) is 0.145. The molecular formula is C18H36BBr3O3. The summed E-state index contributed by atoms with van der Waals surface area (Å²) >= 11 is 10.5. The number of alkyl halides is 3. The van der Waals surface area contributed by atoms with Crippen molar-refractivity contribution in [3.63, 3.8) is 0 Å². The molecule has 0 N–H and O–H groups in total. The van der Waals surface area contributed by atoms with Crippen LogP contribution in [0.5, 0.6) is 0 Å². The van der Waals surface area contributed by atoms with E-state index in [-0.39, 0.29) is 0 Å². The van der Waals surface area contributed by atoms with E-state index in [0.29, 0.717) is 37.6 Å². The number of hydrogen-bond acceptors (Lipinski definition) is 3. The molecule has 0 saturated heterocycles. The van der Waals surface area contributed by atoms with Gasteiger partial charge in [0, 0.05) is 35.8 Å². The normalized spacial score (nSPS) is 15.1. The molecule has 0 radical (unpaired) electrons. The summed E-state index contributed by atoms with van der Waals surface area (Å²) in [6.45, 7) is 8.71. The Bertz CT molecular complexity index is 245. The van der Waals surface area contributed by atoms with Gasteiger partial charge in [-0.25, -0.2) is 0 Å². The van der Waals surface area contributed by atoms with Gasteiger partial charge in [-0.2, -0.15) is 0 Å². The fourth-order valence-corrected chi connectivity index (χ4v) is 3.37. The van der Waals surface area contributed by atoms with Crippen molar-refractivity contribution in [3.05, 3.63) is 0 Å². The van der Waals surface area contributed by atoms with Crippen LogP contribution in [0.25, 0.3) is 0 Å². The molecule has 0 spiro atoms. The van der Waals surface area contributed by atoms with Gasteiger partial charge in [0.1, 0.15) is 0 Å². The van der Waals surface area contributed by atoms with Crippen molar-refractivity contribution in [3.8, 4) is 0 Å². The zero-order valence-corrected chi connectivity index (χ0v) is 20.9. The maximum Gasteiger partial charge on any atom is 0.639 e. The van der Waals surface area contributed by atoms with Crippen LogP contribution in [0, 0.1) is 17.8 Å². The molecule has 0 fully saturated rings. The molecule has 0 bridgehead atoms. The summed E-state index contributed by atoms with van der Waals surface area (Å²) in [4.78, 5) is 0. The predicted molar refractivity (Wildman–Crippen MR) is 120 cm³/mol. The van der Waals surface area contributed by atoms with Gasteiger partial charge in [0.2, 0.25) is 0 Å². The molecule has 3 nitrogen and oxygen atoms in total. The topological polar surface area (TPSA) is 27.7 Å². The largest absolute Gasteiger partial charge is 0.639 e. The van der Waals surface area contributed by atoms with Crippen LogP contribution in [0.15, 0.2) is 0 Å². The molecule has 0 aliphatic rings. The van der Waals surface area contributed by atoms with Crippen LogP contribution in [0.3, 0.4) is 0 Å². The van der Waals surface area contributed by atoms with Gasteiger partial charge in [-0.15, -0.1) is 0 Å². The minimum absolute atomic E-state index is 0.517. The Morgan fingerprint density at radius 3 is 1.12 bits per heavy atom. The SMILES string of the molecule is CC(CCCBr)COB(OCC(C)CCCBr)OCC(C)CCCBr. The molecule has 0 aromatic rings. The number of halogens is 3. The minimum Gasteiger partial charge on any atom is -0.386 e. The first-order valence-corrected chi connectivity index (χ1v) is 12.9. The third-order valence-electron chi connectivity index (χ3n) is 4.04. The van der Waals surface area contributed by atoms with Crippen LogP contribution < -0.4 is 0 Å². The molecule has 150 valence electrons. The summed E-state index contributed by atoms with van der Waals surface area (Å²) in [6.07, 6.45) is 6.97. The van der Waals surface area contributed by atoms with Crippen molar-refractivity contribution in [2.24, 2.45) is 17.8 Å². The lowest BCUT2D eigenvalue weighted by Gasteiger charge is -2.21. The molecule has 7 heteroatoms. The second-order valence-corrected chi connectivity index (χ2v) is 9.48. The molecule has 3 unspecified atom stereocenters. The Hall–Kier alpha value is 1.38. The third kappa shape index (κ3) is 17.2. The van der Waals surface area contributed by atoms with Gasteiger partial charge in [0.05, 0.1) is 0 Å². The molecule has 0 amide bonds. The van der Waals surface area contributed by atoms with Gasteiger partial charge >= 0.3 is 7.32 Å². The van der Waals surface area contributed by atoms with Crippen molar-refractivity contribution >= 4 is 55.1 Å². The van der Waals surface area contributed by atoms with Gasteiger partial charge in [-0.3, -0.25) is 0 Å². The zero-order chi connectivity index (χ0) is 18.9. The molecule has 3 atom stereocenters. The highest BCUT2D eigenvalue weighted by Crippen LogP contribution is 2.13. The maximum atomic E-state index is 5.93. The van der Waals surface area contributed by atoms with Crippen molar-refractivity contribution < 1.29 is 14.0 Å². The summed E-state index contributed by atoms with van der Waals surface area (Å²) in [7, 11) is -0.538. The number of hydrogen-bond donors (Lipinski definition) is 0. The lowest BCUT2D eigenvalue weighted by atomic mass is 10.0. The van der Waals surface area contributed by atoms with Crippen LogP contribution in [-0.4, -0.2) is 43.1 Å². The monoisotopic (exact) mass is 548 g/mol. The van der Waals surface area contributed by atoms with E-state index in [1.807, 2.05) is 0 Å². The summed E-state index contributed by atoms with van der Waals surface area (Å²) in [5.41, 5.74) is 0. The second kappa shape index (κ2) is 18.7. The van der Waals surface area contributed by atoms with E-state index in [4.69, 9.17) is 14.0 Å². The highest BCUT2D eigenvalue weighted by Gasteiger charge is 2.24. The van der Waals surface area contributed by atoms with Gasteiger partial charge in [-0.05, 0) is 56.3 Å². The van der Waals surface area contributed by atoms with E-state index in [1.54, 1.807) is 0 Å². The number of rotatable bonds is 18.